The van der Waals surface area contributed by atoms with E-state index in [1.165, 1.54) is 0 Å². The molecule has 1 aliphatic heterocycles. The topological polar surface area (TPSA) is 69.2 Å². The highest BCUT2D eigenvalue weighted by atomic mass is 32.2. The van der Waals surface area contributed by atoms with Crippen molar-refractivity contribution >= 4 is 17.4 Å². The monoisotopic (exact) mass is 456 g/mol. The predicted octanol–water partition coefficient (Wildman–Crippen LogP) is 6.12. The second-order valence-electron chi connectivity index (χ2n) is 7.63. The maximum atomic E-state index is 6.37. The van der Waals surface area contributed by atoms with Crippen molar-refractivity contribution in [2.75, 3.05) is 11.1 Å². The summed E-state index contributed by atoms with van der Waals surface area (Å²) in [7, 11) is 0. The molecule has 1 unspecified atom stereocenters. The van der Waals surface area contributed by atoms with Crippen LogP contribution in [0.5, 0.6) is 11.6 Å². The zero-order valence-corrected chi connectivity index (χ0v) is 19.1. The first-order chi connectivity index (χ1) is 16.3. The van der Waals surface area contributed by atoms with Gasteiger partial charge in [0.25, 0.3) is 0 Å². The van der Waals surface area contributed by atoms with Gasteiger partial charge in [-0.1, -0.05) is 79.3 Å². The van der Waals surface area contributed by atoms with Crippen LogP contribution in [0.2, 0.25) is 0 Å². The highest BCUT2D eigenvalue weighted by Crippen LogP contribution is 2.39. The zero-order valence-electron chi connectivity index (χ0n) is 18.3. The second kappa shape index (κ2) is 9.92. The summed E-state index contributed by atoms with van der Waals surface area (Å²) >= 11 is 1.58. The Morgan fingerprint density at radius 1 is 0.970 bits per heavy atom. The molecule has 0 aliphatic carbocycles. The lowest BCUT2D eigenvalue weighted by molar-refractivity contribution is 0.224. The second-order valence-corrected chi connectivity index (χ2v) is 8.69. The van der Waals surface area contributed by atoms with E-state index in [-0.39, 0.29) is 0 Å². The number of hydrogen-bond acceptors (Lipinski definition) is 7. The molecule has 0 amide bonds. The summed E-state index contributed by atoms with van der Waals surface area (Å²) in [5, 5.41) is 12.9. The number of hydrogen-bond donors (Lipinski definition) is 1. The Bertz CT molecular complexity index is 1240. The summed E-state index contributed by atoms with van der Waals surface area (Å²) in [6.07, 6.45) is 0.586. The summed E-state index contributed by atoms with van der Waals surface area (Å²) in [5.41, 5.74) is 4.53. The molecule has 6 nitrogen and oxygen atoms in total. The fourth-order valence-electron chi connectivity index (χ4n) is 3.56. The summed E-state index contributed by atoms with van der Waals surface area (Å²) in [5.74, 6) is 2.18. The van der Waals surface area contributed by atoms with Gasteiger partial charge in [0.15, 0.2) is 11.9 Å². The van der Waals surface area contributed by atoms with Crippen LogP contribution in [-0.2, 0) is 6.61 Å². The van der Waals surface area contributed by atoms with E-state index < -0.39 is 6.23 Å². The van der Waals surface area contributed by atoms with Gasteiger partial charge in [-0.05, 0) is 30.2 Å². The van der Waals surface area contributed by atoms with Crippen molar-refractivity contribution in [1.29, 1.82) is 0 Å². The molecule has 7 heteroatoms. The van der Waals surface area contributed by atoms with Gasteiger partial charge in [-0.3, -0.25) is 0 Å². The van der Waals surface area contributed by atoms with Crippen molar-refractivity contribution in [1.82, 2.24) is 15.2 Å². The quantitative estimate of drug-likeness (QED) is 0.336. The van der Waals surface area contributed by atoms with Crippen molar-refractivity contribution in [3.63, 3.8) is 0 Å². The van der Waals surface area contributed by atoms with Crippen LogP contribution in [0.1, 0.15) is 30.7 Å². The average Bonchev–Trinajstić information content (AvgIpc) is 3.03. The molecule has 0 saturated heterocycles. The highest BCUT2D eigenvalue weighted by molar-refractivity contribution is 7.99. The molecule has 0 fully saturated rings. The van der Waals surface area contributed by atoms with Gasteiger partial charge in [0.1, 0.15) is 12.4 Å². The Hall–Kier alpha value is -3.58. The molecule has 1 aromatic heterocycles. The number of para-hydroxylation sites is 1. The molecule has 3 aromatic carbocycles. The number of nitrogens with zero attached hydrogens (tertiary/aromatic N) is 3. The van der Waals surface area contributed by atoms with E-state index in [0.29, 0.717) is 23.3 Å². The van der Waals surface area contributed by atoms with Gasteiger partial charge < -0.3 is 14.8 Å². The third-order valence-electron chi connectivity index (χ3n) is 5.18. The van der Waals surface area contributed by atoms with Crippen molar-refractivity contribution in [2.45, 2.75) is 31.3 Å². The molecule has 0 radical (unpaired) electrons. The van der Waals surface area contributed by atoms with E-state index in [2.05, 4.69) is 39.6 Å². The van der Waals surface area contributed by atoms with E-state index in [1.807, 2.05) is 66.7 Å². The average molecular weight is 457 g/mol. The molecule has 4 aromatic rings. The number of thioether (sulfide) groups is 1. The number of fused-ring (bicyclic) bond motifs is 3. The number of anilines is 1. The van der Waals surface area contributed by atoms with Crippen LogP contribution in [0.25, 0.3) is 11.3 Å². The Kier molecular flexibility index (Phi) is 6.39. The minimum atomic E-state index is -0.451. The Balaban J connectivity index is 1.44. The SMILES string of the molecule is CCCSc1nnc2c(n1)OC(c1cccc(OCc3ccccc3)c1)Nc1ccccc1-2. The molecule has 33 heavy (non-hydrogen) atoms. The van der Waals surface area contributed by atoms with Crippen LogP contribution in [0.15, 0.2) is 84.0 Å². The first-order valence-corrected chi connectivity index (χ1v) is 12.0. The number of aromatic nitrogens is 3. The van der Waals surface area contributed by atoms with Crippen LogP contribution < -0.4 is 14.8 Å². The first kappa shape index (κ1) is 21.3. The minimum Gasteiger partial charge on any atom is -0.489 e. The third kappa shape index (κ3) is 4.93. The zero-order chi connectivity index (χ0) is 22.5. The molecular weight excluding hydrogens is 432 g/mol. The highest BCUT2D eigenvalue weighted by Gasteiger charge is 2.26. The fraction of sp³-hybridized carbons (Fsp3) is 0.192. The normalized spacial score (nSPS) is 14.3. The third-order valence-corrected chi connectivity index (χ3v) is 6.22. The molecule has 0 saturated carbocycles. The van der Waals surface area contributed by atoms with Crippen LogP contribution in [0.3, 0.4) is 0 Å². The van der Waals surface area contributed by atoms with Gasteiger partial charge in [0.05, 0.1) is 0 Å². The van der Waals surface area contributed by atoms with E-state index in [0.717, 1.165) is 40.3 Å². The molecule has 2 heterocycles. The van der Waals surface area contributed by atoms with Crippen molar-refractivity contribution in [3.05, 3.63) is 90.0 Å². The number of nitrogens with one attached hydrogen (secondary N) is 1. The van der Waals surface area contributed by atoms with E-state index >= 15 is 0 Å². The minimum absolute atomic E-state index is 0.451. The van der Waals surface area contributed by atoms with Gasteiger partial charge in [0.2, 0.25) is 11.0 Å². The van der Waals surface area contributed by atoms with Gasteiger partial charge in [-0.15, -0.1) is 10.2 Å². The number of benzene rings is 3. The first-order valence-electron chi connectivity index (χ1n) is 11.0. The smallest absolute Gasteiger partial charge is 0.247 e. The van der Waals surface area contributed by atoms with Gasteiger partial charge in [0, 0.05) is 22.6 Å². The standard InChI is InChI=1S/C26H24N4O2S/c1-2-15-33-26-28-25-23(29-30-26)21-13-6-7-14-22(21)27-24(32-25)19-11-8-12-20(16-19)31-17-18-9-4-3-5-10-18/h3-14,16,24,27H,2,15,17H2,1H3. The Morgan fingerprint density at radius 3 is 2.70 bits per heavy atom. The van der Waals surface area contributed by atoms with Crippen molar-refractivity contribution in [3.8, 4) is 22.9 Å². The van der Waals surface area contributed by atoms with E-state index in [9.17, 15) is 0 Å². The molecule has 1 aliphatic rings. The molecule has 5 rings (SSSR count). The van der Waals surface area contributed by atoms with Crippen LogP contribution in [0, 0.1) is 0 Å². The fourth-order valence-corrected chi connectivity index (χ4v) is 4.19. The predicted molar refractivity (Wildman–Crippen MR) is 130 cm³/mol. The lowest BCUT2D eigenvalue weighted by Crippen LogP contribution is -2.17. The van der Waals surface area contributed by atoms with E-state index in [1.54, 1.807) is 11.8 Å². The van der Waals surface area contributed by atoms with Gasteiger partial charge in [-0.2, -0.15) is 4.98 Å². The van der Waals surface area contributed by atoms with Crippen LogP contribution >= 0.6 is 11.8 Å². The maximum Gasteiger partial charge on any atom is 0.247 e. The maximum absolute atomic E-state index is 6.37. The Labute approximate surface area is 197 Å². The van der Waals surface area contributed by atoms with E-state index in [4.69, 9.17) is 9.47 Å². The lowest BCUT2D eigenvalue weighted by Gasteiger charge is -2.20. The summed E-state index contributed by atoms with van der Waals surface area (Å²) in [6.45, 7) is 2.63. The summed E-state index contributed by atoms with van der Waals surface area (Å²) in [6, 6.07) is 26.0. The lowest BCUT2D eigenvalue weighted by atomic mass is 10.1. The molecule has 0 spiro atoms. The largest absolute Gasteiger partial charge is 0.489 e. The molecular formula is C26H24N4O2S. The number of rotatable bonds is 7. The van der Waals surface area contributed by atoms with Crippen LogP contribution in [0.4, 0.5) is 5.69 Å². The van der Waals surface area contributed by atoms with Gasteiger partial charge in [-0.25, -0.2) is 0 Å². The summed E-state index contributed by atoms with van der Waals surface area (Å²) in [4.78, 5) is 4.68. The summed E-state index contributed by atoms with van der Waals surface area (Å²) < 4.78 is 12.4. The molecule has 1 atom stereocenters. The molecule has 166 valence electrons. The number of ether oxygens (including phenoxy) is 2. The van der Waals surface area contributed by atoms with Crippen molar-refractivity contribution < 1.29 is 9.47 Å². The molecule has 1 N–H and O–H groups in total. The van der Waals surface area contributed by atoms with Crippen molar-refractivity contribution in [2.24, 2.45) is 0 Å². The van der Waals surface area contributed by atoms with Gasteiger partial charge >= 0.3 is 0 Å². The Morgan fingerprint density at radius 2 is 1.82 bits per heavy atom. The van der Waals surface area contributed by atoms with Crippen LogP contribution in [-0.4, -0.2) is 20.9 Å². The molecule has 0 bridgehead atoms.